The van der Waals surface area contributed by atoms with Crippen LogP contribution in [-0.4, -0.2) is 23.3 Å². The fourth-order valence-electron chi connectivity index (χ4n) is 2.64. The minimum Gasteiger partial charge on any atom is -0.493 e. The Morgan fingerprint density at radius 3 is 3.20 bits per heavy atom. The normalized spacial score (nSPS) is 18.1. The van der Waals surface area contributed by atoms with E-state index in [-0.39, 0.29) is 0 Å². The van der Waals surface area contributed by atoms with Crippen molar-refractivity contribution in [2.45, 2.75) is 32.2 Å². The van der Waals surface area contributed by atoms with Crippen molar-refractivity contribution >= 4 is 0 Å². The quantitative estimate of drug-likeness (QED) is 0.927. The highest BCUT2D eigenvalue weighted by Gasteiger charge is 2.20. The Labute approximate surface area is 118 Å². The molecule has 5 heteroatoms. The van der Waals surface area contributed by atoms with Gasteiger partial charge >= 0.3 is 0 Å². The van der Waals surface area contributed by atoms with Crippen LogP contribution in [0.25, 0.3) is 0 Å². The molecule has 1 aromatic carbocycles. The van der Waals surface area contributed by atoms with E-state index in [1.165, 1.54) is 17.5 Å². The summed E-state index contributed by atoms with van der Waals surface area (Å²) in [5, 5.41) is 7.19. The Morgan fingerprint density at radius 1 is 1.40 bits per heavy atom. The first kappa shape index (κ1) is 13.1. The van der Waals surface area contributed by atoms with Crippen LogP contribution in [0.3, 0.4) is 0 Å². The maximum Gasteiger partial charge on any atom is 0.227 e. The van der Waals surface area contributed by atoms with Crippen molar-refractivity contribution < 1.29 is 9.26 Å². The summed E-state index contributed by atoms with van der Waals surface area (Å²) in [6.45, 7) is 3.71. The molecule has 0 aliphatic carbocycles. The zero-order valence-electron chi connectivity index (χ0n) is 11.6. The summed E-state index contributed by atoms with van der Waals surface area (Å²) in [5.74, 6) is 1.71. The van der Waals surface area contributed by atoms with E-state index in [0.717, 1.165) is 38.2 Å². The van der Waals surface area contributed by atoms with Crippen LogP contribution < -0.4 is 10.1 Å². The van der Waals surface area contributed by atoms with Gasteiger partial charge in [-0.15, -0.1) is 0 Å². The van der Waals surface area contributed by atoms with Crippen LogP contribution in [0.5, 0.6) is 5.75 Å². The van der Waals surface area contributed by atoms with Crippen molar-refractivity contribution in [3.63, 3.8) is 0 Å². The standard InChI is InChI=1S/C15H19N3O2/c1-11-4-2-5-12-13(6-3-9-19-15(11)12)16-8-7-14-17-10-18-20-14/h2,4-5,10,13,16H,3,6-9H2,1H3. The Morgan fingerprint density at radius 2 is 2.35 bits per heavy atom. The van der Waals surface area contributed by atoms with Crippen LogP contribution in [0.2, 0.25) is 0 Å². The van der Waals surface area contributed by atoms with Crippen LogP contribution >= 0.6 is 0 Å². The number of nitrogens with one attached hydrogen (secondary N) is 1. The van der Waals surface area contributed by atoms with Gasteiger partial charge in [0, 0.05) is 24.6 Å². The number of ether oxygens (including phenoxy) is 1. The maximum atomic E-state index is 5.88. The molecule has 0 amide bonds. The number of aryl methyl sites for hydroxylation is 1. The summed E-state index contributed by atoms with van der Waals surface area (Å²) in [4.78, 5) is 4.03. The van der Waals surface area contributed by atoms with Gasteiger partial charge in [0.1, 0.15) is 5.75 Å². The first-order valence-corrected chi connectivity index (χ1v) is 7.06. The lowest BCUT2D eigenvalue weighted by Gasteiger charge is -2.19. The van der Waals surface area contributed by atoms with Gasteiger partial charge in [-0.2, -0.15) is 4.98 Å². The number of hydrogen-bond acceptors (Lipinski definition) is 5. The molecule has 2 aromatic rings. The van der Waals surface area contributed by atoms with E-state index in [2.05, 4.69) is 40.6 Å². The minimum absolute atomic E-state index is 0.329. The van der Waals surface area contributed by atoms with Crippen LogP contribution in [0.1, 0.15) is 35.9 Å². The monoisotopic (exact) mass is 273 g/mol. The summed E-state index contributed by atoms with van der Waals surface area (Å²) >= 11 is 0. The second-order valence-corrected chi connectivity index (χ2v) is 5.08. The van der Waals surface area contributed by atoms with Crippen molar-refractivity contribution in [2.75, 3.05) is 13.2 Å². The molecular weight excluding hydrogens is 254 g/mol. The van der Waals surface area contributed by atoms with Gasteiger partial charge in [0.05, 0.1) is 6.61 Å². The second kappa shape index (κ2) is 6.05. The molecule has 0 saturated carbocycles. The maximum absolute atomic E-state index is 5.88. The van der Waals surface area contributed by atoms with E-state index >= 15 is 0 Å². The molecule has 1 unspecified atom stereocenters. The molecule has 3 rings (SSSR count). The molecule has 20 heavy (non-hydrogen) atoms. The molecule has 1 aliphatic rings. The minimum atomic E-state index is 0.329. The molecule has 0 saturated heterocycles. The highest BCUT2D eigenvalue weighted by Crippen LogP contribution is 2.33. The third-order valence-corrected chi connectivity index (χ3v) is 3.64. The number of aromatic nitrogens is 2. The van der Waals surface area contributed by atoms with Gasteiger partial charge < -0.3 is 14.6 Å². The largest absolute Gasteiger partial charge is 0.493 e. The van der Waals surface area contributed by atoms with Gasteiger partial charge in [-0.05, 0) is 25.3 Å². The van der Waals surface area contributed by atoms with E-state index in [0.29, 0.717) is 11.9 Å². The summed E-state index contributed by atoms with van der Waals surface area (Å²) in [7, 11) is 0. The average molecular weight is 273 g/mol. The predicted octanol–water partition coefficient (Wildman–Crippen LogP) is 2.42. The van der Waals surface area contributed by atoms with Crippen LogP contribution in [0, 0.1) is 6.92 Å². The Balaban J connectivity index is 1.68. The van der Waals surface area contributed by atoms with E-state index in [1.807, 2.05) is 0 Å². The molecule has 1 atom stereocenters. The van der Waals surface area contributed by atoms with Gasteiger partial charge in [0.2, 0.25) is 5.89 Å². The SMILES string of the molecule is Cc1cccc2c1OCCCC2NCCc1ncno1. The van der Waals surface area contributed by atoms with Gasteiger partial charge in [0.15, 0.2) is 6.33 Å². The zero-order chi connectivity index (χ0) is 13.8. The predicted molar refractivity (Wildman–Crippen MR) is 74.7 cm³/mol. The molecule has 1 aliphatic heterocycles. The number of nitrogens with zero attached hydrogens (tertiary/aromatic N) is 2. The molecule has 2 heterocycles. The second-order valence-electron chi connectivity index (χ2n) is 5.08. The van der Waals surface area contributed by atoms with Crippen molar-refractivity contribution in [2.24, 2.45) is 0 Å². The van der Waals surface area contributed by atoms with Crippen LogP contribution in [-0.2, 0) is 6.42 Å². The lowest BCUT2D eigenvalue weighted by Crippen LogP contribution is -2.23. The topological polar surface area (TPSA) is 60.2 Å². The molecule has 0 radical (unpaired) electrons. The lowest BCUT2D eigenvalue weighted by molar-refractivity contribution is 0.313. The first-order chi connectivity index (χ1) is 9.84. The molecule has 106 valence electrons. The lowest BCUT2D eigenvalue weighted by atomic mass is 10.00. The van der Waals surface area contributed by atoms with Crippen LogP contribution in [0.4, 0.5) is 0 Å². The third-order valence-electron chi connectivity index (χ3n) is 3.64. The summed E-state index contributed by atoms with van der Waals surface area (Å²) in [6.07, 6.45) is 4.33. The van der Waals surface area contributed by atoms with Gasteiger partial charge in [-0.3, -0.25) is 0 Å². The van der Waals surface area contributed by atoms with Crippen LogP contribution in [0.15, 0.2) is 29.0 Å². The summed E-state index contributed by atoms with van der Waals surface area (Å²) in [5.41, 5.74) is 2.46. The Hall–Kier alpha value is -1.88. The number of rotatable bonds is 4. The van der Waals surface area contributed by atoms with Crippen molar-refractivity contribution in [3.8, 4) is 5.75 Å². The number of benzene rings is 1. The fourth-order valence-corrected chi connectivity index (χ4v) is 2.64. The van der Waals surface area contributed by atoms with Gasteiger partial charge in [0.25, 0.3) is 0 Å². The summed E-state index contributed by atoms with van der Waals surface area (Å²) < 4.78 is 10.9. The number of hydrogen-bond donors (Lipinski definition) is 1. The van der Waals surface area contributed by atoms with Crippen molar-refractivity contribution in [1.29, 1.82) is 0 Å². The Kier molecular flexibility index (Phi) is 3.97. The first-order valence-electron chi connectivity index (χ1n) is 7.06. The Bertz CT molecular complexity index is 554. The van der Waals surface area contributed by atoms with Crippen molar-refractivity contribution in [3.05, 3.63) is 41.5 Å². The number of para-hydroxylation sites is 1. The molecular formula is C15H19N3O2. The molecule has 0 spiro atoms. The van der Waals surface area contributed by atoms with E-state index in [4.69, 9.17) is 9.26 Å². The molecule has 1 N–H and O–H groups in total. The van der Waals surface area contributed by atoms with Gasteiger partial charge in [-0.1, -0.05) is 23.4 Å². The zero-order valence-corrected chi connectivity index (χ0v) is 11.6. The summed E-state index contributed by atoms with van der Waals surface area (Å²) in [6, 6.07) is 6.67. The van der Waals surface area contributed by atoms with E-state index in [1.54, 1.807) is 0 Å². The molecule has 5 nitrogen and oxygen atoms in total. The third kappa shape index (κ3) is 2.82. The molecule has 1 aromatic heterocycles. The highest BCUT2D eigenvalue weighted by atomic mass is 16.5. The van der Waals surface area contributed by atoms with E-state index in [9.17, 15) is 0 Å². The molecule has 0 bridgehead atoms. The highest BCUT2D eigenvalue weighted by molar-refractivity contribution is 5.43. The van der Waals surface area contributed by atoms with Crippen molar-refractivity contribution in [1.82, 2.24) is 15.5 Å². The number of fused-ring (bicyclic) bond motifs is 1. The van der Waals surface area contributed by atoms with Gasteiger partial charge in [-0.25, -0.2) is 0 Å². The molecule has 0 fully saturated rings. The smallest absolute Gasteiger partial charge is 0.227 e. The fraction of sp³-hybridized carbons (Fsp3) is 0.467. The van der Waals surface area contributed by atoms with E-state index < -0.39 is 0 Å². The average Bonchev–Trinajstić information content (AvgIpc) is 2.87.